The van der Waals surface area contributed by atoms with Crippen LogP contribution in [0.25, 0.3) is 10.8 Å². The van der Waals surface area contributed by atoms with Crippen molar-refractivity contribution < 1.29 is 51.0 Å². The van der Waals surface area contributed by atoms with E-state index in [1.807, 2.05) is 0 Å². The number of carbonyl (C=O) groups is 4. The van der Waals surface area contributed by atoms with E-state index in [1.54, 1.807) is 54.6 Å². The van der Waals surface area contributed by atoms with Gasteiger partial charge in [0, 0.05) is 30.1 Å². The number of nitrogens with zero attached hydrogens (tertiary/aromatic N) is 3. The van der Waals surface area contributed by atoms with Crippen LogP contribution in [-0.2, 0) is 23.9 Å². The Bertz CT molecular complexity index is 2430. The number of anilines is 3. The van der Waals surface area contributed by atoms with Crippen molar-refractivity contribution in [3.63, 3.8) is 0 Å². The summed E-state index contributed by atoms with van der Waals surface area (Å²) in [5, 5.41) is 11.4. The van der Waals surface area contributed by atoms with Crippen LogP contribution >= 0.6 is 23.2 Å². The summed E-state index contributed by atoms with van der Waals surface area (Å²) in [5.74, 6) is -21.4. The van der Waals surface area contributed by atoms with Crippen molar-refractivity contribution in [2.24, 2.45) is 17.8 Å². The number of benzene rings is 4. The van der Waals surface area contributed by atoms with E-state index in [2.05, 4.69) is 4.90 Å². The predicted molar refractivity (Wildman–Crippen MR) is 194 cm³/mol. The zero-order chi connectivity index (χ0) is 39.6. The average molecular weight is 813 g/mol. The summed E-state index contributed by atoms with van der Waals surface area (Å²) < 4.78 is 79.6. The van der Waals surface area contributed by atoms with Crippen LogP contribution in [0.1, 0.15) is 24.3 Å². The van der Waals surface area contributed by atoms with Gasteiger partial charge < -0.3 is 14.7 Å². The first-order valence-corrected chi connectivity index (χ1v) is 18.5. The second kappa shape index (κ2) is 12.7. The summed E-state index contributed by atoms with van der Waals surface area (Å²) in [4.78, 5) is 55.5. The van der Waals surface area contributed by atoms with Crippen molar-refractivity contribution in [1.29, 1.82) is 0 Å². The summed E-state index contributed by atoms with van der Waals surface area (Å²) in [5.41, 5.74) is -0.186. The third-order valence-electron chi connectivity index (χ3n) is 12.0. The van der Waals surface area contributed by atoms with E-state index < -0.39 is 98.2 Å². The first kappa shape index (κ1) is 36.6. The van der Waals surface area contributed by atoms with E-state index in [9.17, 15) is 37.5 Å². The summed E-state index contributed by atoms with van der Waals surface area (Å²) in [7, 11) is 0. The minimum atomic E-state index is -2.69. The van der Waals surface area contributed by atoms with Gasteiger partial charge in [0.1, 0.15) is 11.4 Å². The molecule has 0 aromatic heterocycles. The first-order chi connectivity index (χ1) is 26.7. The van der Waals surface area contributed by atoms with E-state index in [4.69, 9.17) is 27.9 Å². The molecule has 0 spiro atoms. The van der Waals surface area contributed by atoms with Crippen LogP contribution < -0.4 is 14.7 Å². The second-order valence-corrected chi connectivity index (χ2v) is 15.8. The Balaban J connectivity index is 1.20. The molecule has 3 saturated heterocycles. The quantitative estimate of drug-likeness (QED) is 0.0601. The van der Waals surface area contributed by atoms with Crippen LogP contribution in [0.15, 0.2) is 72.3 Å². The molecule has 3 heterocycles. The number of allylic oxidation sites excluding steroid dienone is 2. The molecule has 3 aliphatic heterocycles. The fourth-order valence-corrected chi connectivity index (χ4v) is 10.3. The highest BCUT2D eigenvalue weighted by molar-refractivity contribution is 6.58. The van der Waals surface area contributed by atoms with E-state index in [1.165, 1.54) is 12.1 Å². The lowest BCUT2D eigenvalue weighted by molar-refractivity contribution is -0.125. The maximum absolute atomic E-state index is 15.4. The van der Waals surface area contributed by atoms with E-state index in [0.717, 1.165) is 10.6 Å². The molecule has 56 heavy (non-hydrogen) atoms. The normalized spacial score (nSPS) is 28.8. The molecular formula is C40H28Cl2F5N3O6. The summed E-state index contributed by atoms with van der Waals surface area (Å²) in [6.45, 7) is 2.41. The molecule has 0 unspecified atom stereocenters. The summed E-state index contributed by atoms with van der Waals surface area (Å²) in [6.07, 6.45) is 0.992. The number of halogens is 7. The number of hydrogen-bond acceptors (Lipinski definition) is 7. The number of carbonyl (C=O) groups excluding carboxylic acids is 4. The van der Waals surface area contributed by atoms with Gasteiger partial charge in [-0.2, -0.15) is 0 Å². The zero-order valence-electron chi connectivity index (χ0n) is 28.9. The topological polar surface area (TPSA) is 107 Å². The number of aromatic hydroxyl groups is 1. The molecule has 9 rings (SSSR count). The lowest BCUT2D eigenvalue weighted by atomic mass is 9.56. The van der Waals surface area contributed by atoms with Gasteiger partial charge >= 0.3 is 0 Å². The highest BCUT2D eigenvalue weighted by Crippen LogP contribution is 2.66. The first-order valence-electron chi connectivity index (χ1n) is 17.7. The average Bonchev–Trinajstić information content (AvgIpc) is 3.55. The molecule has 5 aliphatic rings. The molecule has 1 saturated carbocycles. The Morgan fingerprint density at radius 3 is 1.96 bits per heavy atom. The molecular weight excluding hydrogens is 784 g/mol. The number of imide groups is 2. The molecule has 4 amide bonds. The Hall–Kier alpha value is -5.05. The van der Waals surface area contributed by atoms with Crippen molar-refractivity contribution in [2.75, 3.05) is 41.0 Å². The molecule has 1 N–H and O–H groups in total. The third-order valence-corrected chi connectivity index (χ3v) is 13.4. The van der Waals surface area contributed by atoms with E-state index in [-0.39, 0.29) is 28.0 Å². The predicted octanol–water partition coefficient (Wildman–Crippen LogP) is 6.85. The van der Waals surface area contributed by atoms with Crippen LogP contribution in [0.4, 0.5) is 39.0 Å². The Morgan fingerprint density at radius 2 is 1.30 bits per heavy atom. The standard InChI is InChI=1S/C40H28Cl2F5N3O6/c41-39-17-25-23(9-10-24-27(25)36(53)49(35(24)52)19-7-5-18(6-8-19)48-13-15-56-16-14-48)28(22-11-12-26(51)21-4-2-1-3-20(21)22)40(39,42)38(55)50(37(39)54)34-32(46)30(44)29(43)31(45)33(34)47/h1-9,11-12,24-25,27-28,51H,10,13-17H2/t24-,25+,27-,28-,39+,40-/m0/s1. The second-order valence-electron chi connectivity index (χ2n) is 14.5. The van der Waals surface area contributed by atoms with Crippen molar-refractivity contribution >= 4 is 74.7 Å². The van der Waals surface area contributed by atoms with Gasteiger partial charge in [0.15, 0.2) is 33.0 Å². The van der Waals surface area contributed by atoms with Gasteiger partial charge in [-0.25, -0.2) is 26.9 Å². The van der Waals surface area contributed by atoms with Gasteiger partial charge in [0.25, 0.3) is 11.8 Å². The largest absolute Gasteiger partial charge is 0.507 e. The summed E-state index contributed by atoms with van der Waals surface area (Å²) >= 11 is 14.6. The Morgan fingerprint density at radius 1 is 0.696 bits per heavy atom. The maximum Gasteiger partial charge on any atom is 0.258 e. The van der Waals surface area contributed by atoms with Crippen LogP contribution in [0.5, 0.6) is 5.75 Å². The molecule has 6 atom stereocenters. The molecule has 0 radical (unpaired) electrons. The highest BCUT2D eigenvalue weighted by atomic mass is 35.5. The number of phenolic OH excluding ortho intramolecular Hbond substituents is 1. The van der Waals surface area contributed by atoms with Crippen molar-refractivity contribution in [1.82, 2.24) is 0 Å². The SMILES string of the molecule is O=C1[C@H]2[C@H](CC=C3[C@H]2C[C@@]2(Cl)C(=O)N(c4c(F)c(F)c(F)c(F)c4F)C(=O)[C@@]2(Cl)[C@H]3c2ccc(O)c3ccccc23)C(=O)N1c1ccc(N2CCOCC2)cc1. The van der Waals surface area contributed by atoms with Crippen LogP contribution in [0.3, 0.4) is 0 Å². The van der Waals surface area contributed by atoms with Crippen LogP contribution in [0.2, 0.25) is 0 Å². The molecule has 9 nitrogen and oxygen atoms in total. The number of hydrogen-bond donors (Lipinski definition) is 1. The fourth-order valence-electron chi connectivity index (χ4n) is 9.36. The number of rotatable bonds is 4. The molecule has 4 fully saturated rings. The lowest BCUT2D eigenvalue weighted by Crippen LogP contribution is -2.60. The Labute approximate surface area is 324 Å². The third kappa shape index (κ3) is 4.75. The highest BCUT2D eigenvalue weighted by Gasteiger charge is 2.77. The zero-order valence-corrected chi connectivity index (χ0v) is 30.4. The van der Waals surface area contributed by atoms with E-state index >= 15 is 8.78 Å². The summed E-state index contributed by atoms with van der Waals surface area (Å²) in [6, 6.07) is 16.0. The van der Waals surface area contributed by atoms with Crippen molar-refractivity contribution in [3.05, 3.63) is 107 Å². The lowest BCUT2D eigenvalue weighted by Gasteiger charge is -2.51. The number of fused-ring (bicyclic) bond motifs is 5. The Kier molecular flexibility index (Phi) is 8.32. The molecule has 288 valence electrons. The molecule has 16 heteroatoms. The monoisotopic (exact) mass is 811 g/mol. The van der Waals surface area contributed by atoms with Crippen molar-refractivity contribution in [2.45, 2.75) is 28.5 Å². The van der Waals surface area contributed by atoms with Gasteiger partial charge in [-0.15, -0.1) is 23.2 Å². The minimum absolute atomic E-state index is 0.0122. The molecule has 2 aliphatic carbocycles. The van der Waals surface area contributed by atoms with Gasteiger partial charge in [-0.1, -0.05) is 42.0 Å². The molecule has 4 aromatic carbocycles. The molecule has 0 bridgehead atoms. The van der Waals surface area contributed by atoms with Crippen LogP contribution in [-0.4, -0.2) is 64.8 Å². The van der Waals surface area contributed by atoms with E-state index in [0.29, 0.717) is 42.9 Å². The van der Waals surface area contributed by atoms with Gasteiger partial charge in [0.05, 0.1) is 30.7 Å². The number of phenols is 1. The number of ether oxygens (including phenoxy) is 1. The number of alkyl halides is 2. The smallest absolute Gasteiger partial charge is 0.258 e. The molecule has 4 aromatic rings. The number of morpholine rings is 1. The van der Waals surface area contributed by atoms with Crippen LogP contribution in [0, 0.1) is 46.8 Å². The van der Waals surface area contributed by atoms with Gasteiger partial charge in [-0.3, -0.25) is 24.1 Å². The number of amides is 4. The minimum Gasteiger partial charge on any atom is -0.507 e. The fraction of sp³-hybridized carbons (Fsp3) is 0.300. The van der Waals surface area contributed by atoms with Crippen molar-refractivity contribution in [3.8, 4) is 5.75 Å². The maximum atomic E-state index is 15.4. The van der Waals surface area contributed by atoms with Gasteiger partial charge in [0.2, 0.25) is 17.6 Å². The van der Waals surface area contributed by atoms with Gasteiger partial charge in [-0.05, 0) is 60.0 Å².